The molecule has 2 aliphatic heterocycles. The standard InChI is InChI=1S/C28H32N4O3/c1-19-8-9-20-18-24(29-23(20)17-19)27(33)31-13-4-5-21(31)10-14-30-15-11-22(12-16-30)32-25-6-2-3-7-26(25)35-28(32)34/h2-3,6-9,17-18,21-22,29H,4-5,10-16H2,1H3/t21-/m0/s1. The number of likely N-dealkylation sites (tertiary alicyclic amines) is 2. The molecule has 4 aromatic rings. The van der Waals surface area contributed by atoms with Crippen LogP contribution in [0.5, 0.6) is 0 Å². The van der Waals surface area contributed by atoms with E-state index in [-0.39, 0.29) is 23.7 Å². The summed E-state index contributed by atoms with van der Waals surface area (Å²) in [5.41, 5.74) is 4.46. The van der Waals surface area contributed by atoms with Crippen molar-refractivity contribution >= 4 is 27.9 Å². The monoisotopic (exact) mass is 472 g/mol. The second-order valence-electron chi connectivity index (χ2n) is 10.1. The van der Waals surface area contributed by atoms with Crippen LogP contribution in [0.25, 0.3) is 22.0 Å². The number of carbonyl (C=O) groups excluding carboxylic acids is 1. The van der Waals surface area contributed by atoms with Crippen LogP contribution in [0.1, 0.15) is 54.2 Å². The number of amides is 1. The Bertz CT molecular complexity index is 1420. The van der Waals surface area contributed by atoms with Gasteiger partial charge in [-0.3, -0.25) is 9.36 Å². The Morgan fingerprint density at radius 2 is 1.89 bits per heavy atom. The van der Waals surface area contributed by atoms with E-state index in [9.17, 15) is 9.59 Å². The number of benzene rings is 2. The van der Waals surface area contributed by atoms with E-state index in [1.54, 1.807) is 0 Å². The van der Waals surface area contributed by atoms with Crippen LogP contribution in [0.15, 0.2) is 57.7 Å². The molecule has 1 N–H and O–H groups in total. The van der Waals surface area contributed by atoms with E-state index in [1.807, 2.05) is 34.9 Å². The van der Waals surface area contributed by atoms with Gasteiger partial charge in [0.25, 0.3) is 5.91 Å². The third kappa shape index (κ3) is 4.18. The van der Waals surface area contributed by atoms with Gasteiger partial charge in [-0.1, -0.05) is 24.3 Å². The lowest BCUT2D eigenvalue weighted by molar-refractivity contribution is 0.0710. The number of aromatic nitrogens is 2. The van der Waals surface area contributed by atoms with Crippen LogP contribution in [0.3, 0.4) is 0 Å². The zero-order valence-corrected chi connectivity index (χ0v) is 20.2. The lowest BCUT2D eigenvalue weighted by atomic mass is 10.0. The van der Waals surface area contributed by atoms with Gasteiger partial charge in [0.2, 0.25) is 0 Å². The summed E-state index contributed by atoms with van der Waals surface area (Å²) >= 11 is 0. The number of H-pyrrole nitrogens is 1. The van der Waals surface area contributed by atoms with Crippen molar-refractivity contribution < 1.29 is 9.21 Å². The summed E-state index contributed by atoms with van der Waals surface area (Å²) in [7, 11) is 0. The predicted molar refractivity (Wildman–Crippen MR) is 137 cm³/mol. The average Bonchev–Trinajstić information content (AvgIpc) is 3.58. The van der Waals surface area contributed by atoms with E-state index in [0.29, 0.717) is 11.3 Å². The molecule has 1 amide bonds. The van der Waals surface area contributed by atoms with Gasteiger partial charge >= 0.3 is 5.76 Å². The Kier molecular flexibility index (Phi) is 5.72. The maximum Gasteiger partial charge on any atom is 0.420 e. The molecule has 2 saturated heterocycles. The molecule has 7 heteroatoms. The van der Waals surface area contributed by atoms with E-state index in [1.165, 1.54) is 5.56 Å². The normalized spacial score (nSPS) is 19.8. The molecule has 0 bridgehead atoms. The van der Waals surface area contributed by atoms with Crippen LogP contribution >= 0.6 is 0 Å². The molecule has 7 nitrogen and oxygen atoms in total. The Morgan fingerprint density at radius 1 is 1.06 bits per heavy atom. The first-order valence-electron chi connectivity index (χ1n) is 12.8. The van der Waals surface area contributed by atoms with Crippen molar-refractivity contribution in [2.24, 2.45) is 0 Å². The minimum atomic E-state index is -0.253. The molecule has 0 radical (unpaired) electrons. The summed E-state index contributed by atoms with van der Waals surface area (Å²) in [5, 5.41) is 1.09. The number of aromatic amines is 1. The summed E-state index contributed by atoms with van der Waals surface area (Å²) in [6, 6.07) is 16.4. The molecule has 35 heavy (non-hydrogen) atoms. The second kappa shape index (κ2) is 9.04. The smallest absolute Gasteiger partial charge is 0.408 e. The molecule has 1 atom stereocenters. The fourth-order valence-corrected chi connectivity index (χ4v) is 5.98. The van der Waals surface area contributed by atoms with Crippen LogP contribution in [0, 0.1) is 6.92 Å². The maximum absolute atomic E-state index is 13.3. The van der Waals surface area contributed by atoms with Gasteiger partial charge in [0, 0.05) is 49.2 Å². The molecular formula is C28H32N4O3. The van der Waals surface area contributed by atoms with Gasteiger partial charge in [-0.15, -0.1) is 0 Å². The predicted octanol–water partition coefficient (Wildman–Crippen LogP) is 4.72. The molecule has 0 unspecified atom stereocenters. The van der Waals surface area contributed by atoms with Gasteiger partial charge in [0.15, 0.2) is 5.58 Å². The highest BCUT2D eigenvalue weighted by Crippen LogP contribution is 2.28. The summed E-state index contributed by atoms with van der Waals surface area (Å²) in [5.74, 6) is -0.136. The number of nitrogens with zero attached hydrogens (tertiary/aromatic N) is 3. The van der Waals surface area contributed by atoms with Gasteiger partial charge in [-0.25, -0.2) is 4.79 Å². The molecule has 2 fully saturated rings. The minimum Gasteiger partial charge on any atom is -0.408 e. The number of rotatable bonds is 5. The molecule has 0 spiro atoms. The average molecular weight is 473 g/mol. The highest BCUT2D eigenvalue weighted by atomic mass is 16.4. The van der Waals surface area contributed by atoms with Crippen LogP contribution in [0.4, 0.5) is 0 Å². The van der Waals surface area contributed by atoms with Crippen molar-refractivity contribution in [2.45, 2.75) is 51.1 Å². The number of carbonyl (C=O) groups is 1. The lowest BCUT2D eigenvalue weighted by Gasteiger charge is -2.33. The van der Waals surface area contributed by atoms with Gasteiger partial charge in [0.05, 0.1) is 5.52 Å². The maximum atomic E-state index is 13.3. The number of oxazole rings is 1. The number of hydrogen-bond acceptors (Lipinski definition) is 4. The van der Waals surface area contributed by atoms with Crippen molar-refractivity contribution in [2.75, 3.05) is 26.2 Å². The SMILES string of the molecule is Cc1ccc2cc(C(=O)N3CCC[C@H]3CCN3CCC(n4c(=O)oc5ccccc54)CC3)[nH]c2c1. The summed E-state index contributed by atoms with van der Waals surface area (Å²) < 4.78 is 7.28. The molecule has 4 heterocycles. The molecule has 0 aliphatic carbocycles. The first-order valence-corrected chi connectivity index (χ1v) is 12.8. The number of fused-ring (bicyclic) bond motifs is 2. The van der Waals surface area contributed by atoms with Crippen molar-refractivity contribution in [1.82, 2.24) is 19.4 Å². The van der Waals surface area contributed by atoms with E-state index < -0.39 is 0 Å². The first-order chi connectivity index (χ1) is 17.1. The minimum absolute atomic E-state index is 0.117. The lowest BCUT2D eigenvalue weighted by Crippen LogP contribution is -2.41. The van der Waals surface area contributed by atoms with E-state index in [0.717, 1.165) is 74.7 Å². The number of para-hydroxylation sites is 2. The van der Waals surface area contributed by atoms with Crippen LogP contribution in [0.2, 0.25) is 0 Å². The molecule has 2 aromatic heterocycles. The molecular weight excluding hydrogens is 440 g/mol. The topological polar surface area (TPSA) is 74.5 Å². The molecule has 2 aromatic carbocycles. The second-order valence-corrected chi connectivity index (χ2v) is 10.1. The summed E-state index contributed by atoms with van der Waals surface area (Å²) in [6.45, 7) is 5.79. The summed E-state index contributed by atoms with van der Waals surface area (Å²) in [4.78, 5) is 33.7. The zero-order chi connectivity index (χ0) is 23.9. The van der Waals surface area contributed by atoms with E-state index >= 15 is 0 Å². The fraction of sp³-hybridized carbons (Fsp3) is 0.429. The van der Waals surface area contributed by atoms with Gasteiger partial charge < -0.3 is 19.2 Å². The number of aryl methyl sites for hydroxylation is 1. The Morgan fingerprint density at radius 3 is 2.74 bits per heavy atom. The van der Waals surface area contributed by atoms with Crippen molar-refractivity contribution in [1.29, 1.82) is 0 Å². The van der Waals surface area contributed by atoms with Crippen molar-refractivity contribution in [3.63, 3.8) is 0 Å². The van der Waals surface area contributed by atoms with E-state index in [2.05, 4.69) is 39.9 Å². The number of piperidine rings is 1. The molecule has 2 aliphatic rings. The van der Waals surface area contributed by atoms with Gasteiger partial charge in [0.1, 0.15) is 5.69 Å². The molecule has 0 saturated carbocycles. The first kappa shape index (κ1) is 22.2. The third-order valence-electron chi connectivity index (χ3n) is 7.87. The highest BCUT2D eigenvalue weighted by Gasteiger charge is 2.31. The largest absolute Gasteiger partial charge is 0.420 e. The zero-order valence-electron chi connectivity index (χ0n) is 20.2. The van der Waals surface area contributed by atoms with Crippen LogP contribution in [-0.2, 0) is 0 Å². The van der Waals surface area contributed by atoms with Gasteiger partial charge in [-0.2, -0.15) is 0 Å². The van der Waals surface area contributed by atoms with Crippen molar-refractivity contribution in [3.8, 4) is 0 Å². The quantitative estimate of drug-likeness (QED) is 0.456. The molecule has 6 rings (SSSR count). The number of nitrogens with one attached hydrogen (secondary N) is 1. The fourth-order valence-electron chi connectivity index (χ4n) is 5.98. The van der Waals surface area contributed by atoms with E-state index in [4.69, 9.17) is 4.42 Å². The van der Waals surface area contributed by atoms with Gasteiger partial charge in [-0.05, 0) is 68.9 Å². The molecule has 182 valence electrons. The third-order valence-corrected chi connectivity index (χ3v) is 7.87. The highest BCUT2D eigenvalue weighted by molar-refractivity contribution is 5.98. The summed E-state index contributed by atoms with van der Waals surface area (Å²) in [6.07, 6.45) is 4.99. The van der Waals surface area contributed by atoms with Crippen molar-refractivity contribution in [3.05, 3.63) is 70.3 Å². The van der Waals surface area contributed by atoms with Crippen LogP contribution in [-0.4, -0.2) is 57.5 Å². The number of hydrogen-bond donors (Lipinski definition) is 1. The Hall–Kier alpha value is -3.32. The Labute approximate surface area is 204 Å². The van der Waals surface area contributed by atoms with Crippen LogP contribution < -0.4 is 5.76 Å². The Balaban J connectivity index is 1.07.